The van der Waals surface area contributed by atoms with Crippen LogP contribution in [0.2, 0.25) is 0 Å². The monoisotopic (exact) mass is 492 g/mol. The molecular formula is C25H28N6O3S. The Morgan fingerprint density at radius 1 is 1.17 bits per heavy atom. The summed E-state index contributed by atoms with van der Waals surface area (Å²) >= 11 is 1.45. The summed E-state index contributed by atoms with van der Waals surface area (Å²) in [6, 6.07) is 5.43. The van der Waals surface area contributed by atoms with Gasteiger partial charge in [-0.2, -0.15) is 0 Å². The number of fused-ring (bicyclic) bond motifs is 1. The zero-order valence-corrected chi connectivity index (χ0v) is 20.8. The van der Waals surface area contributed by atoms with Crippen LogP contribution in [0.25, 0.3) is 21.3 Å². The number of carbonyl (C=O) groups excluding carboxylic acids is 1. The molecule has 0 bridgehead atoms. The van der Waals surface area contributed by atoms with E-state index in [1.54, 1.807) is 15.8 Å². The van der Waals surface area contributed by atoms with E-state index in [0.29, 0.717) is 11.7 Å². The predicted molar refractivity (Wildman–Crippen MR) is 134 cm³/mol. The Bertz CT molecular complexity index is 1350. The number of nitrogens with zero attached hydrogens (tertiary/aromatic N) is 6. The summed E-state index contributed by atoms with van der Waals surface area (Å²) in [5, 5.41) is 15.3. The minimum Gasteiger partial charge on any atom is -0.477 e. The van der Waals surface area contributed by atoms with E-state index in [1.165, 1.54) is 17.5 Å². The fourth-order valence-electron chi connectivity index (χ4n) is 4.65. The predicted octanol–water partition coefficient (Wildman–Crippen LogP) is 4.91. The number of imidazole rings is 1. The van der Waals surface area contributed by atoms with E-state index in [0.717, 1.165) is 41.3 Å². The number of thiophene rings is 1. The quantitative estimate of drug-likeness (QED) is 0.410. The van der Waals surface area contributed by atoms with Crippen molar-refractivity contribution >= 4 is 34.8 Å². The Morgan fingerprint density at radius 2 is 1.94 bits per heavy atom. The Labute approximate surface area is 207 Å². The van der Waals surface area contributed by atoms with Gasteiger partial charge in [0.2, 0.25) is 11.7 Å². The molecule has 10 heteroatoms. The van der Waals surface area contributed by atoms with Crippen LogP contribution in [0.3, 0.4) is 0 Å². The van der Waals surface area contributed by atoms with Crippen molar-refractivity contribution in [3.63, 3.8) is 0 Å². The number of hydrogen-bond acceptors (Lipinski definition) is 6. The zero-order chi connectivity index (χ0) is 24.7. The standard InChI is InChI=1S/C25H28N6O3S/c1-15(2)31(23(32)17-7-5-16(3)6-8-17)22-18(24(33)34)13-30(28-22)21-10-9-20(35-21)19-14-29-12-4-11-26-25(29)27-19/h4,9-17H,5-8H2,1-3H3,(H,33,34). The van der Waals surface area contributed by atoms with Crippen LogP contribution < -0.4 is 4.90 Å². The van der Waals surface area contributed by atoms with Crippen molar-refractivity contribution in [2.24, 2.45) is 11.8 Å². The maximum absolute atomic E-state index is 13.5. The SMILES string of the molecule is CC1CCC(C(=O)N(c2nn(-c3ccc(-c4cn5cccnc5n4)s3)cc2C(=O)O)C(C)C)CC1. The lowest BCUT2D eigenvalue weighted by molar-refractivity contribution is -0.123. The van der Waals surface area contributed by atoms with Crippen LogP contribution in [0.4, 0.5) is 5.82 Å². The fraction of sp³-hybridized carbons (Fsp3) is 0.400. The van der Waals surface area contributed by atoms with Gasteiger partial charge in [-0.05, 0) is 63.6 Å². The van der Waals surface area contributed by atoms with Crippen LogP contribution in [0.15, 0.2) is 43.0 Å². The van der Waals surface area contributed by atoms with Gasteiger partial charge in [-0.3, -0.25) is 14.1 Å². The molecule has 1 aliphatic carbocycles. The summed E-state index contributed by atoms with van der Waals surface area (Å²) in [7, 11) is 0. The first kappa shape index (κ1) is 23.2. The van der Waals surface area contributed by atoms with Gasteiger partial charge in [0, 0.05) is 36.7 Å². The molecule has 1 aliphatic rings. The minimum atomic E-state index is -1.11. The summed E-state index contributed by atoms with van der Waals surface area (Å²) in [6.07, 6.45) is 10.7. The zero-order valence-electron chi connectivity index (χ0n) is 20.0. The first-order valence-corrected chi connectivity index (χ1v) is 12.7. The number of aromatic carboxylic acids is 1. The number of carboxylic acid groups (broad SMARTS) is 1. The molecule has 9 nitrogen and oxygen atoms in total. The van der Waals surface area contributed by atoms with Crippen LogP contribution in [-0.4, -0.2) is 47.2 Å². The van der Waals surface area contributed by atoms with Crippen molar-refractivity contribution in [2.45, 2.75) is 52.5 Å². The van der Waals surface area contributed by atoms with E-state index in [9.17, 15) is 14.7 Å². The number of hydrogen-bond donors (Lipinski definition) is 1. The van der Waals surface area contributed by atoms with Crippen LogP contribution in [0.1, 0.15) is 56.8 Å². The molecule has 1 saturated carbocycles. The number of rotatable bonds is 6. The summed E-state index contributed by atoms with van der Waals surface area (Å²) in [5.74, 6) is 0.182. The van der Waals surface area contributed by atoms with Crippen LogP contribution in [0, 0.1) is 11.8 Å². The first-order valence-electron chi connectivity index (χ1n) is 11.9. The van der Waals surface area contributed by atoms with E-state index in [2.05, 4.69) is 22.0 Å². The molecule has 35 heavy (non-hydrogen) atoms. The van der Waals surface area contributed by atoms with Crippen molar-refractivity contribution in [2.75, 3.05) is 4.90 Å². The highest BCUT2D eigenvalue weighted by Crippen LogP contribution is 2.34. The average Bonchev–Trinajstić information content (AvgIpc) is 3.57. The highest BCUT2D eigenvalue weighted by molar-refractivity contribution is 7.17. The van der Waals surface area contributed by atoms with Gasteiger partial charge in [-0.15, -0.1) is 16.4 Å². The number of carboxylic acids is 1. The molecule has 1 fully saturated rings. The maximum Gasteiger partial charge on any atom is 0.341 e. The fourth-order valence-corrected chi connectivity index (χ4v) is 5.54. The summed E-state index contributed by atoms with van der Waals surface area (Å²) < 4.78 is 3.40. The molecule has 1 amide bonds. The Balaban J connectivity index is 1.48. The smallest absolute Gasteiger partial charge is 0.341 e. The van der Waals surface area contributed by atoms with Gasteiger partial charge < -0.3 is 5.11 Å². The molecule has 0 radical (unpaired) electrons. The van der Waals surface area contributed by atoms with Crippen LogP contribution in [0.5, 0.6) is 0 Å². The van der Waals surface area contributed by atoms with Gasteiger partial charge in [0.15, 0.2) is 5.82 Å². The van der Waals surface area contributed by atoms with Gasteiger partial charge >= 0.3 is 5.97 Å². The molecule has 4 aromatic rings. The number of anilines is 1. The molecule has 0 aromatic carbocycles. The van der Waals surface area contributed by atoms with Gasteiger partial charge in [-0.25, -0.2) is 19.4 Å². The summed E-state index contributed by atoms with van der Waals surface area (Å²) in [4.78, 5) is 37.0. The molecule has 4 heterocycles. The van der Waals surface area contributed by atoms with E-state index < -0.39 is 5.97 Å². The van der Waals surface area contributed by atoms with Crippen LogP contribution in [-0.2, 0) is 4.79 Å². The second-order valence-corrected chi connectivity index (χ2v) is 10.5. The second kappa shape index (κ2) is 9.26. The Kier molecular flexibility index (Phi) is 6.14. The van der Waals surface area contributed by atoms with Gasteiger partial charge in [0.05, 0.1) is 4.88 Å². The maximum atomic E-state index is 13.5. The molecule has 0 unspecified atom stereocenters. The highest BCUT2D eigenvalue weighted by Gasteiger charge is 2.34. The highest BCUT2D eigenvalue weighted by atomic mass is 32.1. The van der Waals surface area contributed by atoms with Gasteiger partial charge in [0.1, 0.15) is 16.3 Å². The molecule has 5 rings (SSSR count). The lowest BCUT2D eigenvalue weighted by Gasteiger charge is -2.32. The van der Waals surface area contributed by atoms with Crippen molar-refractivity contribution in [3.05, 3.63) is 48.5 Å². The normalized spacial score (nSPS) is 18.3. The molecule has 4 aromatic heterocycles. The van der Waals surface area contributed by atoms with Crippen molar-refractivity contribution in [1.29, 1.82) is 0 Å². The Hall–Kier alpha value is -3.53. The second-order valence-electron chi connectivity index (χ2n) is 9.47. The molecule has 0 aliphatic heterocycles. The number of aromatic nitrogens is 5. The van der Waals surface area contributed by atoms with Crippen molar-refractivity contribution < 1.29 is 14.7 Å². The first-order chi connectivity index (χ1) is 16.8. The number of amides is 1. The molecule has 0 spiro atoms. The molecule has 0 saturated heterocycles. The minimum absolute atomic E-state index is 0.0168. The lowest BCUT2D eigenvalue weighted by Crippen LogP contribution is -2.43. The largest absolute Gasteiger partial charge is 0.477 e. The summed E-state index contributed by atoms with van der Waals surface area (Å²) in [5.41, 5.74) is 0.791. The Morgan fingerprint density at radius 3 is 2.63 bits per heavy atom. The molecule has 182 valence electrons. The van der Waals surface area contributed by atoms with Gasteiger partial charge in [-0.1, -0.05) is 6.92 Å². The van der Waals surface area contributed by atoms with Crippen LogP contribution >= 0.6 is 11.3 Å². The molecular weight excluding hydrogens is 464 g/mol. The third-order valence-corrected chi connectivity index (χ3v) is 7.68. The van der Waals surface area contributed by atoms with Crippen molar-refractivity contribution in [3.8, 4) is 15.6 Å². The summed E-state index contributed by atoms with van der Waals surface area (Å²) in [6.45, 7) is 6.01. The van der Waals surface area contributed by atoms with Gasteiger partial charge in [0.25, 0.3) is 0 Å². The van der Waals surface area contributed by atoms with Crippen molar-refractivity contribution in [1.82, 2.24) is 24.1 Å². The average molecular weight is 493 g/mol. The molecule has 0 atom stereocenters. The third kappa shape index (κ3) is 4.45. The van der Waals surface area contributed by atoms with E-state index >= 15 is 0 Å². The van der Waals surface area contributed by atoms with E-state index in [-0.39, 0.29) is 29.2 Å². The number of carbonyl (C=O) groups is 2. The topological polar surface area (TPSA) is 106 Å². The lowest BCUT2D eigenvalue weighted by atomic mass is 9.82. The third-order valence-electron chi connectivity index (χ3n) is 6.58. The van der Waals surface area contributed by atoms with E-state index in [4.69, 9.17) is 0 Å². The molecule has 1 N–H and O–H groups in total. The van der Waals surface area contributed by atoms with E-state index in [1.807, 2.05) is 48.8 Å².